The van der Waals surface area contributed by atoms with Gasteiger partial charge < -0.3 is 14.1 Å². The van der Waals surface area contributed by atoms with E-state index in [2.05, 4.69) is 0 Å². The van der Waals surface area contributed by atoms with Crippen LogP contribution in [0.1, 0.15) is 36.4 Å². The lowest BCUT2D eigenvalue weighted by Gasteiger charge is -2.25. The molecule has 0 saturated carbocycles. The van der Waals surface area contributed by atoms with Crippen LogP contribution in [0.15, 0.2) is 46.2 Å². The molecule has 0 spiro atoms. The molecule has 0 aliphatic carbocycles. The van der Waals surface area contributed by atoms with Crippen LogP contribution in [0.2, 0.25) is 0 Å². The Morgan fingerprint density at radius 1 is 1.29 bits per heavy atom. The Morgan fingerprint density at radius 2 is 2.07 bits per heavy atom. The largest absolute Gasteiger partial charge is 0.463 e. The molecule has 1 saturated heterocycles. The number of ether oxygens (including phenoxy) is 1. The second-order valence-corrected chi connectivity index (χ2v) is 7.95. The zero-order valence-corrected chi connectivity index (χ0v) is 16.8. The van der Waals surface area contributed by atoms with Gasteiger partial charge in [-0.05, 0) is 38.8 Å². The fourth-order valence-electron chi connectivity index (χ4n) is 3.59. The van der Waals surface area contributed by atoms with E-state index in [0.29, 0.717) is 46.8 Å². The van der Waals surface area contributed by atoms with Gasteiger partial charge in [-0.15, -0.1) is 0 Å². The molecular formula is C21H22N2O4S. The number of aromatic nitrogens is 1. The Labute approximate surface area is 167 Å². The number of anilines is 1. The van der Waals surface area contributed by atoms with Gasteiger partial charge in [-0.2, -0.15) is 0 Å². The maximum Gasteiger partial charge on any atom is 0.191 e. The molecule has 0 amide bonds. The summed E-state index contributed by atoms with van der Waals surface area (Å²) in [5, 5.41) is 0.697. The van der Waals surface area contributed by atoms with E-state index in [9.17, 15) is 9.59 Å². The van der Waals surface area contributed by atoms with Crippen LogP contribution < -0.4 is 4.90 Å². The summed E-state index contributed by atoms with van der Waals surface area (Å²) in [4.78, 5) is 32.5. The molecule has 146 valence electrons. The summed E-state index contributed by atoms with van der Waals surface area (Å²) >= 11 is 1.37. The number of carbonyl (C=O) groups is 2. The molecule has 4 heterocycles. The number of Topliss-reactive ketones (excluding diaryl/α,β-unsaturated/α-hetero) is 2. The van der Waals surface area contributed by atoms with Crippen molar-refractivity contribution < 1.29 is 18.7 Å². The molecule has 28 heavy (non-hydrogen) atoms. The predicted molar refractivity (Wildman–Crippen MR) is 108 cm³/mol. The maximum absolute atomic E-state index is 13.2. The Balaban J connectivity index is 1.75. The second kappa shape index (κ2) is 7.85. The number of hydrogen-bond donors (Lipinski definition) is 0. The van der Waals surface area contributed by atoms with Crippen LogP contribution >= 0.6 is 11.3 Å². The number of hydrogen-bond acceptors (Lipinski definition) is 7. The van der Waals surface area contributed by atoms with E-state index >= 15 is 0 Å². The minimum atomic E-state index is -0.0542. The first kappa shape index (κ1) is 18.8. The van der Waals surface area contributed by atoms with Crippen molar-refractivity contribution in [1.29, 1.82) is 0 Å². The van der Waals surface area contributed by atoms with E-state index < -0.39 is 0 Å². The van der Waals surface area contributed by atoms with Crippen molar-refractivity contribution in [3.05, 3.63) is 46.7 Å². The van der Waals surface area contributed by atoms with Crippen molar-refractivity contribution in [3.63, 3.8) is 0 Å². The Hall–Kier alpha value is -2.51. The van der Waals surface area contributed by atoms with Gasteiger partial charge >= 0.3 is 0 Å². The van der Waals surface area contributed by atoms with Gasteiger partial charge in [0, 0.05) is 36.9 Å². The lowest BCUT2D eigenvalue weighted by atomic mass is 9.94. The van der Waals surface area contributed by atoms with Gasteiger partial charge in [0.1, 0.15) is 10.6 Å². The first-order chi connectivity index (χ1) is 13.6. The monoisotopic (exact) mass is 398 g/mol. The van der Waals surface area contributed by atoms with Crippen molar-refractivity contribution >= 4 is 28.0 Å². The van der Waals surface area contributed by atoms with Gasteiger partial charge in [0.05, 0.1) is 6.26 Å². The van der Waals surface area contributed by atoms with Gasteiger partial charge in [0.2, 0.25) is 0 Å². The Morgan fingerprint density at radius 3 is 2.75 bits per heavy atom. The smallest absolute Gasteiger partial charge is 0.191 e. The standard InChI is InChI=1S/C21H22N2O4S/c1-13-16(14(2)24)5-3-9-23(13)21-22-18(17-6-4-10-27-17)20(28-21)19(25)15-7-11-26-12-8-15/h3-6,10,15H,7-9,11-12H2,1-2H3. The molecule has 4 rings (SSSR count). The molecule has 0 radical (unpaired) electrons. The molecule has 0 atom stereocenters. The summed E-state index contributed by atoms with van der Waals surface area (Å²) < 4.78 is 11.0. The first-order valence-corrected chi connectivity index (χ1v) is 10.2. The van der Waals surface area contributed by atoms with E-state index in [-0.39, 0.29) is 17.5 Å². The van der Waals surface area contributed by atoms with Gasteiger partial charge in [-0.25, -0.2) is 4.98 Å². The van der Waals surface area contributed by atoms with Crippen LogP contribution in [-0.2, 0) is 9.53 Å². The molecule has 2 aromatic heterocycles. The highest BCUT2D eigenvalue weighted by atomic mass is 32.1. The van der Waals surface area contributed by atoms with Gasteiger partial charge in [0.15, 0.2) is 22.5 Å². The average Bonchev–Trinajstić information content (AvgIpc) is 3.38. The number of thiazole rings is 1. The van der Waals surface area contributed by atoms with Crippen LogP contribution in [0.3, 0.4) is 0 Å². The predicted octanol–water partition coefficient (Wildman–Crippen LogP) is 4.25. The number of ketones is 2. The normalized spacial score (nSPS) is 18.0. The highest BCUT2D eigenvalue weighted by molar-refractivity contribution is 7.18. The summed E-state index contributed by atoms with van der Waals surface area (Å²) in [5.41, 5.74) is 2.09. The fraction of sp³-hybridized carbons (Fsp3) is 0.381. The van der Waals surface area contributed by atoms with Crippen molar-refractivity contribution in [2.24, 2.45) is 5.92 Å². The van der Waals surface area contributed by atoms with Gasteiger partial charge in [-0.3, -0.25) is 9.59 Å². The van der Waals surface area contributed by atoms with Crippen LogP contribution in [0.4, 0.5) is 5.13 Å². The number of rotatable bonds is 5. The summed E-state index contributed by atoms with van der Waals surface area (Å²) in [5.74, 6) is 0.638. The molecule has 7 heteroatoms. The molecule has 1 fully saturated rings. The first-order valence-electron chi connectivity index (χ1n) is 9.39. The van der Waals surface area contributed by atoms with Gasteiger partial charge in [-0.1, -0.05) is 23.5 Å². The Bertz CT molecular complexity index is 949. The van der Waals surface area contributed by atoms with E-state index in [1.165, 1.54) is 11.3 Å². The fourth-order valence-corrected chi connectivity index (χ4v) is 4.74. The molecule has 2 aliphatic rings. The highest BCUT2D eigenvalue weighted by Gasteiger charge is 2.30. The molecule has 6 nitrogen and oxygen atoms in total. The van der Waals surface area contributed by atoms with Crippen molar-refractivity contribution in [1.82, 2.24) is 4.98 Å². The van der Waals surface area contributed by atoms with Crippen LogP contribution in [-0.4, -0.2) is 36.3 Å². The molecule has 0 aromatic carbocycles. The summed E-state index contributed by atoms with van der Waals surface area (Å²) in [6.07, 6.45) is 6.83. The topological polar surface area (TPSA) is 72.6 Å². The van der Waals surface area contributed by atoms with Crippen molar-refractivity contribution in [2.45, 2.75) is 26.7 Å². The van der Waals surface area contributed by atoms with Crippen LogP contribution in [0.5, 0.6) is 0 Å². The van der Waals surface area contributed by atoms with E-state index in [4.69, 9.17) is 14.1 Å². The number of allylic oxidation sites excluding steroid dienone is 3. The van der Waals surface area contributed by atoms with Crippen molar-refractivity contribution in [2.75, 3.05) is 24.7 Å². The van der Waals surface area contributed by atoms with E-state index in [0.717, 1.165) is 18.5 Å². The van der Waals surface area contributed by atoms with Crippen LogP contribution in [0.25, 0.3) is 11.5 Å². The minimum Gasteiger partial charge on any atom is -0.463 e. The summed E-state index contributed by atoms with van der Waals surface area (Å²) in [6.45, 7) is 5.30. The zero-order valence-electron chi connectivity index (χ0n) is 15.9. The second-order valence-electron chi connectivity index (χ2n) is 6.97. The van der Waals surface area contributed by atoms with Crippen LogP contribution in [0, 0.1) is 5.92 Å². The Kier molecular flexibility index (Phi) is 5.28. The minimum absolute atomic E-state index is 0.0137. The molecule has 2 aromatic rings. The van der Waals surface area contributed by atoms with E-state index in [1.54, 1.807) is 19.3 Å². The van der Waals surface area contributed by atoms with Gasteiger partial charge in [0.25, 0.3) is 0 Å². The summed E-state index contributed by atoms with van der Waals surface area (Å²) in [7, 11) is 0. The maximum atomic E-state index is 13.2. The SMILES string of the molecule is CC(=O)C1=C(C)N(c2nc(-c3ccco3)c(C(=O)C3CCOCC3)s2)CC=C1. The third kappa shape index (κ3) is 3.47. The molecule has 0 bridgehead atoms. The highest BCUT2D eigenvalue weighted by Crippen LogP contribution is 2.38. The molecule has 0 N–H and O–H groups in total. The third-order valence-corrected chi connectivity index (χ3v) is 6.26. The number of furan rings is 1. The van der Waals surface area contributed by atoms with Crippen molar-refractivity contribution in [3.8, 4) is 11.5 Å². The average molecular weight is 398 g/mol. The third-order valence-electron chi connectivity index (χ3n) is 5.16. The lowest BCUT2D eigenvalue weighted by molar-refractivity contribution is -0.113. The lowest BCUT2D eigenvalue weighted by Crippen LogP contribution is -2.26. The summed E-state index contributed by atoms with van der Waals surface area (Å²) in [6, 6.07) is 3.61. The quantitative estimate of drug-likeness (QED) is 0.701. The van der Waals surface area contributed by atoms with E-state index in [1.807, 2.05) is 30.0 Å². The zero-order chi connectivity index (χ0) is 19.7. The molecule has 2 aliphatic heterocycles. The molecule has 0 unspecified atom stereocenters. The number of carbonyl (C=O) groups excluding carboxylic acids is 2. The number of nitrogens with zero attached hydrogens (tertiary/aromatic N) is 2. The molecular weight excluding hydrogens is 376 g/mol.